The standard InChI is InChI=1S/C25H30N2O4/c1-16-7-9-18(10-8-16)22-21(23(28)19-11-12-20(31-5)17(2)15-19)24(29)25(30)27(22)14-6-13-26(3)4/h7-12,15,22,28H,6,13-14H2,1-5H3/p+1. The van der Waals surface area contributed by atoms with Crippen LogP contribution in [0.25, 0.3) is 5.76 Å². The van der Waals surface area contributed by atoms with Crippen LogP contribution in [-0.2, 0) is 9.59 Å². The molecule has 164 valence electrons. The Labute approximate surface area is 183 Å². The highest BCUT2D eigenvalue weighted by atomic mass is 16.5. The second-order valence-electron chi connectivity index (χ2n) is 8.40. The number of ketones is 1. The van der Waals surface area contributed by atoms with Gasteiger partial charge in [0.25, 0.3) is 11.7 Å². The fourth-order valence-corrected chi connectivity index (χ4v) is 3.99. The van der Waals surface area contributed by atoms with Crippen molar-refractivity contribution in [3.8, 4) is 5.75 Å². The lowest BCUT2D eigenvalue weighted by Gasteiger charge is -2.25. The zero-order valence-electron chi connectivity index (χ0n) is 18.9. The van der Waals surface area contributed by atoms with Crippen molar-refractivity contribution in [1.29, 1.82) is 0 Å². The van der Waals surface area contributed by atoms with Crippen LogP contribution < -0.4 is 9.64 Å². The second kappa shape index (κ2) is 9.35. The number of benzene rings is 2. The molecule has 1 amide bonds. The summed E-state index contributed by atoms with van der Waals surface area (Å²) in [5, 5.41) is 11.1. The Morgan fingerprint density at radius 1 is 1.10 bits per heavy atom. The first-order valence-electron chi connectivity index (χ1n) is 10.5. The number of ether oxygens (including phenoxy) is 1. The third-order valence-electron chi connectivity index (χ3n) is 5.68. The summed E-state index contributed by atoms with van der Waals surface area (Å²) in [6.45, 7) is 5.18. The predicted molar refractivity (Wildman–Crippen MR) is 120 cm³/mol. The Balaban J connectivity index is 2.10. The van der Waals surface area contributed by atoms with Gasteiger partial charge in [-0.25, -0.2) is 0 Å². The maximum atomic E-state index is 13.0. The number of aliphatic hydroxyl groups excluding tert-OH is 1. The quantitative estimate of drug-likeness (QED) is 0.407. The molecule has 31 heavy (non-hydrogen) atoms. The monoisotopic (exact) mass is 423 g/mol. The van der Waals surface area contributed by atoms with E-state index in [1.807, 2.05) is 38.1 Å². The van der Waals surface area contributed by atoms with E-state index in [4.69, 9.17) is 4.74 Å². The molecule has 0 aliphatic carbocycles. The van der Waals surface area contributed by atoms with Crippen LogP contribution >= 0.6 is 0 Å². The van der Waals surface area contributed by atoms with Crippen LogP contribution in [0, 0.1) is 13.8 Å². The normalized spacial score (nSPS) is 18.1. The molecular weight excluding hydrogens is 392 g/mol. The Hall–Kier alpha value is -3.12. The number of carbonyl (C=O) groups excluding carboxylic acids is 2. The third-order valence-corrected chi connectivity index (χ3v) is 5.68. The summed E-state index contributed by atoms with van der Waals surface area (Å²) < 4.78 is 5.30. The van der Waals surface area contributed by atoms with E-state index in [9.17, 15) is 14.7 Å². The number of likely N-dealkylation sites (tertiary alicyclic amines) is 1. The van der Waals surface area contributed by atoms with Crippen LogP contribution in [0.2, 0.25) is 0 Å². The predicted octanol–water partition coefficient (Wildman–Crippen LogP) is 2.27. The van der Waals surface area contributed by atoms with E-state index in [-0.39, 0.29) is 11.3 Å². The molecule has 1 saturated heterocycles. The molecule has 6 nitrogen and oxygen atoms in total. The summed E-state index contributed by atoms with van der Waals surface area (Å²) in [6.07, 6.45) is 0.763. The Morgan fingerprint density at radius 2 is 1.77 bits per heavy atom. The maximum absolute atomic E-state index is 13.0. The highest BCUT2D eigenvalue weighted by Gasteiger charge is 2.45. The summed E-state index contributed by atoms with van der Waals surface area (Å²) in [5.74, 6) is -0.673. The van der Waals surface area contributed by atoms with Gasteiger partial charge in [-0.2, -0.15) is 0 Å². The molecule has 0 saturated carbocycles. The van der Waals surface area contributed by atoms with Gasteiger partial charge < -0.3 is 19.6 Å². The highest BCUT2D eigenvalue weighted by molar-refractivity contribution is 6.46. The van der Waals surface area contributed by atoms with E-state index >= 15 is 0 Å². The Kier molecular flexibility index (Phi) is 6.81. The summed E-state index contributed by atoms with van der Waals surface area (Å²) in [6, 6.07) is 12.4. The number of methoxy groups -OCH3 is 1. The van der Waals surface area contributed by atoms with Crippen molar-refractivity contribution in [1.82, 2.24) is 4.90 Å². The number of aliphatic hydroxyl groups is 1. The molecule has 0 radical (unpaired) electrons. The first-order chi connectivity index (χ1) is 14.7. The number of aryl methyl sites for hydroxylation is 2. The van der Waals surface area contributed by atoms with Crippen molar-refractivity contribution >= 4 is 17.4 Å². The number of amides is 1. The van der Waals surface area contributed by atoms with Crippen LogP contribution in [0.4, 0.5) is 0 Å². The lowest BCUT2D eigenvalue weighted by Crippen LogP contribution is -3.05. The average Bonchev–Trinajstić information content (AvgIpc) is 2.98. The van der Waals surface area contributed by atoms with Gasteiger partial charge in [0.2, 0.25) is 0 Å². The molecule has 0 aromatic heterocycles. The second-order valence-corrected chi connectivity index (χ2v) is 8.40. The molecule has 0 spiro atoms. The molecule has 6 heteroatoms. The van der Waals surface area contributed by atoms with E-state index in [1.54, 1.807) is 30.2 Å². The molecule has 1 aliphatic rings. The minimum absolute atomic E-state index is 0.135. The van der Waals surface area contributed by atoms with Gasteiger partial charge in [-0.05, 0) is 43.2 Å². The number of rotatable bonds is 7. The highest BCUT2D eigenvalue weighted by Crippen LogP contribution is 2.39. The number of nitrogens with zero attached hydrogens (tertiary/aromatic N) is 1. The molecule has 1 heterocycles. The molecule has 0 bridgehead atoms. The summed E-state index contributed by atoms with van der Waals surface area (Å²) in [5.41, 5.74) is 3.36. The first kappa shape index (κ1) is 22.6. The van der Waals surface area contributed by atoms with E-state index in [0.29, 0.717) is 17.9 Å². The Bertz CT molecular complexity index is 1010. The smallest absolute Gasteiger partial charge is 0.295 e. The Morgan fingerprint density at radius 3 is 2.35 bits per heavy atom. The minimum Gasteiger partial charge on any atom is -0.507 e. The van der Waals surface area contributed by atoms with Crippen LogP contribution in [0.15, 0.2) is 48.0 Å². The van der Waals surface area contributed by atoms with Crippen LogP contribution in [0.3, 0.4) is 0 Å². The van der Waals surface area contributed by atoms with Crippen molar-refractivity contribution in [3.63, 3.8) is 0 Å². The van der Waals surface area contributed by atoms with Crippen LogP contribution in [0.1, 0.15) is 34.7 Å². The number of carbonyl (C=O) groups is 2. The van der Waals surface area contributed by atoms with Gasteiger partial charge in [0.05, 0.1) is 39.4 Å². The summed E-state index contributed by atoms with van der Waals surface area (Å²) in [7, 11) is 5.69. The molecule has 1 unspecified atom stereocenters. The molecule has 1 fully saturated rings. The number of hydrogen-bond donors (Lipinski definition) is 2. The number of Topliss-reactive ketones (excluding diaryl/α,β-unsaturated/α-hetero) is 1. The molecule has 1 atom stereocenters. The minimum atomic E-state index is -0.645. The van der Waals surface area contributed by atoms with Crippen molar-refractivity contribution < 1.29 is 24.3 Å². The van der Waals surface area contributed by atoms with E-state index in [0.717, 1.165) is 29.7 Å². The van der Waals surface area contributed by atoms with Crippen LogP contribution in [-0.4, -0.2) is 56.0 Å². The van der Waals surface area contributed by atoms with Gasteiger partial charge in [-0.3, -0.25) is 9.59 Å². The SMILES string of the molecule is COc1ccc(C(O)=C2C(=O)C(=O)N(CCC[NH+](C)C)C2c2ccc(C)cc2)cc1C. The lowest BCUT2D eigenvalue weighted by atomic mass is 9.94. The molecular formula is C25H31N2O4+. The van der Waals surface area contributed by atoms with E-state index in [2.05, 4.69) is 14.1 Å². The molecule has 2 aromatic rings. The van der Waals surface area contributed by atoms with Crippen molar-refractivity contribution in [3.05, 3.63) is 70.3 Å². The van der Waals surface area contributed by atoms with Gasteiger partial charge in [0.1, 0.15) is 11.5 Å². The topological polar surface area (TPSA) is 71.3 Å². The average molecular weight is 424 g/mol. The number of quaternary nitrogens is 1. The van der Waals surface area contributed by atoms with Crippen LogP contribution in [0.5, 0.6) is 5.75 Å². The molecule has 2 aromatic carbocycles. The van der Waals surface area contributed by atoms with Gasteiger partial charge in [0, 0.05) is 18.5 Å². The lowest BCUT2D eigenvalue weighted by molar-refractivity contribution is -0.858. The van der Waals surface area contributed by atoms with Gasteiger partial charge in [-0.15, -0.1) is 0 Å². The molecule has 3 rings (SSSR count). The fourth-order valence-electron chi connectivity index (χ4n) is 3.99. The van der Waals surface area contributed by atoms with Gasteiger partial charge in [0.15, 0.2) is 0 Å². The molecule has 1 aliphatic heterocycles. The van der Waals surface area contributed by atoms with Crippen molar-refractivity contribution in [2.24, 2.45) is 0 Å². The zero-order chi connectivity index (χ0) is 22.7. The largest absolute Gasteiger partial charge is 0.507 e. The van der Waals surface area contributed by atoms with Crippen molar-refractivity contribution in [2.45, 2.75) is 26.3 Å². The number of hydrogen-bond acceptors (Lipinski definition) is 4. The van der Waals surface area contributed by atoms with Gasteiger partial charge >= 0.3 is 0 Å². The first-order valence-corrected chi connectivity index (χ1v) is 10.5. The molecule has 2 N–H and O–H groups in total. The number of nitrogens with one attached hydrogen (secondary N) is 1. The maximum Gasteiger partial charge on any atom is 0.295 e. The van der Waals surface area contributed by atoms with E-state index < -0.39 is 17.7 Å². The van der Waals surface area contributed by atoms with Gasteiger partial charge in [-0.1, -0.05) is 29.8 Å². The van der Waals surface area contributed by atoms with E-state index in [1.165, 1.54) is 4.90 Å². The third kappa shape index (κ3) is 4.64. The fraction of sp³-hybridized carbons (Fsp3) is 0.360. The van der Waals surface area contributed by atoms with Crippen molar-refractivity contribution in [2.75, 3.05) is 34.3 Å². The zero-order valence-corrected chi connectivity index (χ0v) is 18.9. The summed E-state index contributed by atoms with van der Waals surface area (Å²) in [4.78, 5) is 28.9. The summed E-state index contributed by atoms with van der Waals surface area (Å²) >= 11 is 0.